The van der Waals surface area contributed by atoms with Crippen LogP contribution >= 0.6 is 0 Å². The molecule has 0 aliphatic carbocycles. The molecule has 0 unspecified atom stereocenters. The molecular formula is C10H20ClNO2. The molecule has 0 spiro atoms. The average Bonchev–Trinajstić information content (AvgIpc) is 2.06. The summed E-state index contributed by atoms with van der Waals surface area (Å²) in [5.41, 5.74) is 0. The summed E-state index contributed by atoms with van der Waals surface area (Å²) in [6.45, 7) is 10.4. The second-order valence-corrected chi connectivity index (χ2v) is 3.18. The van der Waals surface area contributed by atoms with E-state index in [-0.39, 0.29) is 25.6 Å². The molecule has 0 bridgehead atoms. The summed E-state index contributed by atoms with van der Waals surface area (Å²) in [5.74, 6) is 0. The number of halogens is 1. The number of aliphatic hydroxyl groups is 2. The van der Waals surface area contributed by atoms with Crippen LogP contribution in [0.5, 0.6) is 0 Å². The second kappa shape index (κ2) is 9.21. The van der Waals surface area contributed by atoms with E-state index in [1.807, 2.05) is 12.2 Å². The van der Waals surface area contributed by atoms with Crippen LogP contribution in [0.4, 0.5) is 0 Å². The van der Waals surface area contributed by atoms with Crippen molar-refractivity contribution in [2.75, 3.05) is 39.4 Å². The summed E-state index contributed by atoms with van der Waals surface area (Å²) in [6.07, 6.45) is 3.63. The summed E-state index contributed by atoms with van der Waals surface area (Å²) in [6, 6.07) is 0. The minimum Gasteiger partial charge on any atom is -1.00 e. The van der Waals surface area contributed by atoms with Crippen LogP contribution in [0.1, 0.15) is 0 Å². The Morgan fingerprint density at radius 2 is 1.29 bits per heavy atom. The monoisotopic (exact) mass is 221 g/mol. The van der Waals surface area contributed by atoms with E-state index in [9.17, 15) is 0 Å². The third-order valence-corrected chi connectivity index (χ3v) is 2.18. The molecule has 0 atom stereocenters. The third-order valence-electron chi connectivity index (χ3n) is 2.18. The molecule has 3 nitrogen and oxygen atoms in total. The highest BCUT2D eigenvalue weighted by Gasteiger charge is 2.22. The average molecular weight is 222 g/mol. The first-order chi connectivity index (χ1) is 6.24. The number of aliphatic hydroxyl groups excluding tert-OH is 2. The molecule has 0 saturated carbocycles. The zero-order chi connectivity index (χ0) is 10.2. The summed E-state index contributed by atoms with van der Waals surface area (Å²) in [4.78, 5) is 0. The zero-order valence-corrected chi connectivity index (χ0v) is 9.29. The van der Waals surface area contributed by atoms with E-state index in [1.54, 1.807) is 0 Å². The lowest BCUT2D eigenvalue weighted by molar-refractivity contribution is -0.917. The molecule has 0 saturated heterocycles. The van der Waals surface area contributed by atoms with Crippen molar-refractivity contribution >= 4 is 0 Å². The van der Waals surface area contributed by atoms with E-state index in [2.05, 4.69) is 13.2 Å². The number of nitrogens with zero attached hydrogens (tertiary/aromatic N) is 1. The Balaban J connectivity index is 0. The van der Waals surface area contributed by atoms with E-state index >= 15 is 0 Å². The highest BCUT2D eigenvalue weighted by molar-refractivity contribution is 4.72. The smallest absolute Gasteiger partial charge is 0.103 e. The zero-order valence-electron chi connectivity index (χ0n) is 8.53. The van der Waals surface area contributed by atoms with Crippen LogP contribution in [0, 0.1) is 0 Å². The van der Waals surface area contributed by atoms with Gasteiger partial charge in [0.1, 0.15) is 13.1 Å². The SMILES string of the molecule is C=CC[N+](CC=C)(CCO)CCO.[Cl-]. The van der Waals surface area contributed by atoms with Gasteiger partial charge in [-0.25, -0.2) is 0 Å². The molecule has 0 fully saturated rings. The van der Waals surface area contributed by atoms with Crippen LogP contribution in [0.25, 0.3) is 0 Å². The van der Waals surface area contributed by atoms with Gasteiger partial charge in [0.15, 0.2) is 0 Å². The van der Waals surface area contributed by atoms with E-state index in [0.29, 0.717) is 17.6 Å². The predicted octanol–water partition coefficient (Wildman–Crippen LogP) is -2.84. The molecular weight excluding hydrogens is 202 g/mol. The van der Waals surface area contributed by atoms with E-state index < -0.39 is 0 Å². The van der Waals surface area contributed by atoms with Gasteiger partial charge in [0.05, 0.1) is 26.3 Å². The van der Waals surface area contributed by atoms with Gasteiger partial charge < -0.3 is 27.1 Å². The van der Waals surface area contributed by atoms with Crippen LogP contribution in [-0.4, -0.2) is 54.1 Å². The third kappa shape index (κ3) is 5.40. The lowest BCUT2D eigenvalue weighted by atomic mass is 10.3. The maximum absolute atomic E-state index is 8.92. The normalized spacial score (nSPS) is 10.4. The van der Waals surface area contributed by atoms with Gasteiger partial charge in [-0.05, 0) is 12.2 Å². The molecule has 4 heteroatoms. The van der Waals surface area contributed by atoms with Crippen LogP contribution in [0.2, 0.25) is 0 Å². The Morgan fingerprint density at radius 3 is 1.50 bits per heavy atom. The Morgan fingerprint density at radius 1 is 0.929 bits per heavy atom. The molecule has 0 aliphatic heterocycles. The fourth-order valence-electron chi connectivity index (χ4n) is 1.52. The summed E-state index contributed by atoms with van der Waals surface area (Å²) < 4.78 is 0.639. The van der Waals surface area contributed by atoms with Gasteiger partial charge in [0, 0.05) is 0 Å². The first-order valence-electron chi connectivity index (χ1n) is 4.53. The summed E-state index contributed by atoms with van der Waals surface area (Å²) in [7, 11) is 0. The van der Waals surface area contributed by atoms with Gasteiger partial charge in [0.2, 0.25) is 0 Å². The quantitative estimate of drug-likeness (QED) is 0.343. The standard InChI is InChI=1S/C10H20NO2.ClH/c1-3-5-11(6-4-2,7-9-12)8-10-13;/h3-4,12-13H,1-2,5-10H2;1H/q+1;/p-1. The van der Waals surface area contributed by atoms with E-state index in [4.69, 9.17) is 10.2 Å². The first kappa shape index (κ1) is 16.1. The molecule has 0 radical (unpaired) electrons. The molecule has 84 valence electrons. The van der Waals surface area contributed by atoms with Gasteiger partial charge >= 0.3 is 0 Å². The minimum absolute atomic E-state index is 0. The van der Waals surface area contributed by atoms with Crippen molar-refractivity contribution in [1.82, 2.24) is 0 Å². The molecule has 14 heavy (non-hydrogen) atoms. The van der Waals surface area contributed by atoms with Crippen LogP contribution < -0.4 is 12.4 Å². The van der Waals surface area contributed by atoms with Crippen molar-refractivity contribution in [2.24, 2.45) is 0 Å². The minimum atomic E-state index is 0. The van der Waals surface area contributed by atoms with Crippen molar-refractivity contribution in [1.29, 1.82) is 0 Å². The van der Waals surface area contributed by atoms with Crippen molar-refractivity contribution in [3.05, 3.63) is 25.3 Å². The Hall–Kier alpha value is -0.350. The Labute approximate surface area is 92.4 Å². The molecule has 0 amide bonds. The molecule has 0 aromatic rings. The fraction of sp³-hybridized carbons (Fsp3) is 0.600. The fourth-order valence-corrected chi connectivity index (χ4v) is 1.52. The molecule has 0 rings (SSSR count). The summed E-state index contributed by atoms with van der Waals surface area (Å²) >= 11 is 0. The van der Waals surface area contributed by atoms with Crippen LogP contribution in [0.15, 0.2) is 25.3 Å². The maximum atomic E-state index is 8.92. The lowest BCUT2D eigenvalue weighted by Crippen LogP contribution is -3.00. The van der Waals surface area contributed by atoms with Crippen LogP contribution in [-0.2, 0) is 0 Å². The topological polar surface area (TPSA) is 40.5 Å². The highest BCUT2D eigenvalue weighted by Crippen LogP contribution is 2.06. The van der Waals surface area contributed by atoms with Gasteiger partial charge in [-0.3, -0.25) is 0 Å². The highest BCUT2D eigenvalue weighted by atomic mass is 35.5. The number of quaternary nitrogens is 1. The van der Waals surface area contributed by atoms with Gasteiger partial charge in [-0.2, -0.15) is 0 Å². The molecule has 0 aromatic heterocycles. The van der Waals surface area contributed by atoms with Gasteiger partial charge in [-0.1, -0.05) is 13.2 Å². The van der Waals surface area contributed by atoms with Crippen molar-refractivity contribution < 1.29 is 27.1 Å². The first-order valence-corrected chi connectivity index (χ1v) is 4.53. The van der Waals surface area contributed by atoms with Crippen molar-refractivity contribution in [3.8, 4) is 0 Å². The second-order valence-electron chi connectivity index (χ2n) is 3.18. The van der Waals surface area contributed by atoms with E-state index in [1.165, 1.54) is 0 Å². The largest absolute Gasteiger partial charge is 1.00 e. The van der Waals surface area contributed by atoms with Crippen LogP contribution in [0.3, 0.4) is 0 Å². The number of hydrogen-bond acceptors (Lipinski definition) is 2. The Bertz CT molecular complexity index is 144. The predicted molar refractivity (Wildman–Crippen MR) is 54.3 cm³/mol. The maximum Gasteiger partial charge on any atom is 0.103 e. The van der Waals surface area contributed by atoms with E-state index in [0.717, 1.165) is 13.1 Å². The molecule has 0 aromatic carbocycles. The van der Waals surface area contributed by atoms with Gasteiger partial charge in [0.25, 0.3) is 0 Å². The van der Waals surface area contributed by atoms with Gasteiger partial charge in [-0.15, -0.1) is 0 Å². The van der Waals surface area contributed by atoms with Crippen molar-refractivity contribution in [2.45, 2.75) is 0 Å². The lowest BCUT2D eigenvalue weighted by Gasteiger charge is -2.35. The molecule has 0 heterocycles. The molecule has 2 N–H and O–H groups in total. The number of hydrogen-bond donors (Lipinski definition) is 2. The summed E-state index contributed by atoms with van der Waals surface area (Å²) in [5, 5.41) is 17.8. The molecule has 0 aliphatic rings. The van der Waals surface area contributed by atoms with Crippen molar-refractivity contribution in [3.63, 3.8) is 0 Å². The Kier molecular flexibility index (Phi) is 10.6. The number of rotatable bonds is 8.